The van der Waals surface area contributed by atoms with Crippen molar-refractivity contribution in [3.63, 3.8) is 0 Å². The molecule has 0 aromatic heterocycles. The molecule has 2 saturated carbocycles. The van der Waals surface area contributed by atoms with E-state index in [0.29, 0.717) is 6.04 Å². The minimum absolute atomic E-state index is 0.248. The van der Waals surface area contributed by atoms with E-state index in [1.54, 1.807) is 0 Å². The highest BCUT2D eigenvalue weighted by molar-refractivity contribution is 5.69. The fourth-order valence-electron chi connectivity index (χ4n) is 3.27. The third-order valence-corrected chi connectivity index (χ3v) is 4.39. The average Bonchev–Trinajstić information content (AvgIpc) is 3.11. The Morgan fingerprint density at radius 1 is 1.24 bits per heavy atom. The number of carboxylic acids is 1. The molecule has 3 heteroatoms. The predicted molar refractivity (Wildman–Crippen MR) is 68.0 cm³/mol. The van der Waals surface area contributed by atoms with Crippen molar-refractivity contribution in [1.82, 2.24) is 4.90 Å². The van der Waals surface area contributed by atoms with Crippen LogP contribution in [0, 0.1) is 11.8 Å². The van der Waals surface area contributed by atoms with Gasteiger partial charge in [0.1, 0.15) is 0 Å². The number of hydrogen-bond donors (Lipinski definition) is 1. The Morgan fingerprint density at radius 2 is 1.94 bits per heavy atom. The van der Waals surface area contributed by atoms with E-state index in [4.69, 9.17) is 5.11 Å². The van der Waals surface area contributed by atoms with Crippen LogP contribution in [0.25, 0.3) is 0 Å². The molecule has 2 unspecified atom stereocenters. The fraction of sp³-hybridized carbons (Fsp3) is 0.929. The summed E-state index contributed by atoms with van der Waals surface area (Å²) in [5, 5.41) is 9.07. The molecule has 0 aromatic rings. The van der Waals surface area contributed by atoms with Crippen LogP contribution in [0.4, 0.5) is 0 Å². The summed E-state index contributed by atoms with van der Waals surface area (Å²) in [7, 11) is 0. The summed E-state index contributed by atoms with van der Waals surface area (Å²) in [6, 6.07) is 0.533. The Kier molecular flexibility index (Phi) is 4.43. The quantitative estimate of drug-likeness (QED) is 0.775. The molecule has 0 amide bonds. The monoisotopic (exact) mass is 239 g/mol. The van der Waals surface area contributed by atoms with Gasteiger partial charge in [-0.1, -0.05) is 26.2 Å². The molecule has 2 aliphatic rings. The Hall–Kier alpha value is -0.570. The van der Waals surface area contributed by atoms with E-state index in [1.807, 2.05) is 0 Å². The molecule has 0 aromatic carbocycles. The van der Waals surface area contributed by atoms with E-state index in [9.17, 15) is 4.79 Å². The molecule has 0 spiro atoms. The fourth-order valence-corrected chi connectivity index (χ4v) is 3.27. The Bertz CT molecular complexity index is 263. The zero-order valence-corrected chi connectivity index (χ0v) is 10.9. The van der Waals surface area contributed by atoms with Gasteiger partial charge >= 0.3 is 5.97 Å². The van der Waals surface area contributed by atoms with E-state index in [2.05, 4.69) is 11.8 Å². The molecule has 0 saturated heterocycles. The van der Waals surface area contributed by atoms with Crippen molar-refractivity contribution >= 4 is 5.97 Å². The summed E-state index contributed by atoms with van der Waals surface area (Å²) >= 11 is 0. The Labute approximate surface area is 104 Å². The number of hydrogen-bond acceptors (Lipinski definition) is 2. The highest BCUT2D eigenvalue weighted by atomic mass is 16.4. The lowest BCUT2D eigenvalue weighted by atomic mass is 9.82. The molecule has 0 radical (unpaired) electrons. The van der Waals surface area contributed by atoms with Gasteiger partial charge in [-0.05, 0) is 37.5 Å². The second-order valence-corrected chi connectivity index (χ2v) is 5.79. The van der Waals surface area contributed by atoms with E-state index >= 15 is 0 Å². The first kappa shape index (κ1) is 12.9. The number of nitrogens with zero attached hydrogens (tertiary/aromatic N) is 1. The van der Waals surface area contributed by atoms with Gasteiger partial charge < -0.3 is 5.11 Å². The van der Waals surface area contributed by atoms with Crippen molar-refractivity contribution in [2.24, 2.45) is 11.8 Å². The summed E-state index contributed by atoms with van der Waals surface area (Å²) in [5.74, 6) is 0.849. The van der Waals surface area contributed by atoms with Crippen LogP contribution in [0.2, 0.25) is 0 Å². The number of carboxylic acid groups (broad SMARTS) is 1. The number of carbonyl (C=O) groups is 1. The summed E-state index contributed by atoms with van der Waals surface area (Å²) < 4.78 is 0. The van der Waals surface area contributed by atoms with Gasteiger partial charge in [-0.15, -0.1) is 0 Å². The van der Waals surface area contributed by atoms with E-state index in [1.165, 1.54) is 44.9 Å². The lowest BCUT2D eigenvalue weighted by molar-refractivity contribution is -0.139. The van der Waals surface area contributed by atoms with E-state index in [0.717, 1.165) is 18.4 Å². The highest BCUT2D eigenvalue weighted by Crippen LogP contribution is 2.35. The van der Waals surface area contributed by atoms with Gasteiger partial charge in [-0.3, -0.25) is 9.69 Å². The first-order chi connectivity index (χ1) is 8.20. The lowest BCUT2D eigenvalue weighted by Gasteiger charge is -2.39. The predicted octanol–water partition coefficient (Wildman–Crippen LogP) is 2.75. The van der Waals surface area contributed by atoms with Crippen molar-refractivity contribution in [3.8, 4) is 0 Å². The molecule has 2 fully saturated rings. The van der Waals surface area contributed by atoms with Gasteiger partial charge in [-0.25, -0.2) is 0 Å². The van der Waals surface area contributed by atoms with Crippen LogP contribution in [0.5, 0.6) is 0 Å². The van der Waals surface area contributed by atoms with Crippen LogP contribution in [-0.4, -0.2) is 35.1 Å². The van der Waals surface area contributed by atoms with E-state index in [-0.39, 0.29) is 6.54 Å². The molecule has 0 aliphatic heterocycles. The van der Waals surface area contributed by atoms with Crippen LogP contribution in [-0.2, 0) is 4.79 Å². The third-order valence-electron chi connectivity index (χ3n) is 4.39. The Morgan fingerprint density at radius 3 is 2.53 bits per heavy atom. The van der Waals surface area contributed by atoms with Gasteiger partial charge in [0, 0.05) is 12.6 Å². The van der Waals surface area contributed by atoms with Crippen LogP contribution in [0.3, 0.4) is 0 Å². The Balaban J connectivity index is 1.97. The minimum Gasteiger partial charge on any atom is -0.480 e. The molecular formula is C14H25NO2. The lowest BCUT2D eigenvalue weighted by Crippen LogP contribution is -2.45. The number of rotatable bonds is 6. The zero-order valence-electron chi connectivity index (χ0n) is 10.9. The SMILES string of the molecule is CCC1CCCCC1N(CC(=O)O)CC1CC1. The highest BCUT2D eigenvalue weighted by Gasteiger charge is 2.33. The van der Waals surface area contributed by atoms with Crippen molar-refractivity contribution < 1.29 is 9.90 Å². The van der Waals surface area contributed by atoms with Crippen LogP contribution in [0.1, 0.15) is 51.9 Å². The molecule has 3 nitrogen and oxygen atoms in total. The average molecular weight is 239 g/mol. The zero-order chi connectivity index (χ0) is 12.3. The minimum atomic E-state index is -0.661. The normalized spacial score (nSPS) is 29.5. The van der Waals surface area contributed by atoms with Crippen molar-refractivity contribution in [1.29, 1.82) is 0 Å². The van der Waals surface area contributed by atoms with Crippen LogP contribution in [0.15, 0.2) is 0 Å². The van der Waals surface area contributed by atoms with E-state index < -0.39 is 5.97 Å². The molecule has 0 heterocycles. The first-order valence-corrected chi connectivity index (χ1v) is 7.16. The summed E-state index contributed by atoms with van der Waals surface area (Å²) in [6.45, 7) is 3.52. The molecular weight excluding hydrogens is 214 g/mol. The molecule has 0 bridgehead atoms. The summed E-state index contributed by atoms with van der Waals surface area (Å²) in [4.78, 5) is 13.3. The number of aliphatic carboxylic acids is 1. The van der Waals surface area contributed by atoms with Crippen LogP contribution >= 0.6 is 0 Å². The molecule has 2 rings (SSSR count). The van der Waals surface area contributed by atoms with Gasteiger partial charge in [0.15, 0.2) is 0 Å². The van der Waals surface area contributed by atoms with Gasteiger partial charge in [0.2, 0.25) is 0 Å². The van der Waals surface area contributed by atoms with Gasteiger partial charge in [-0.2, -0.15) is 0 Å². The second-order valence-electron chi connectivity index (χ2n) is 5.79. The molecule has 1 N–H and O–H groups in total. The summed E-state index contributed by atoms with van der Waals surface area (Å²) in [6.07, 6.45) is 8.92. The van der Waals surface area contributed by atoms with Crippen molar-refractivity contribution in [2.75, 3.05) is 13.1 Å². The maximum Gasteiger partial charge on any atom is 0.317 e. The standard InChI is InChI=1S/C14H25NO2/c1-2-12-5-3-4-6-13(12)15(10-14(16)17)9-11-7-8-11/h11-13H,2-10H2,1H3,(H,16,17). The smallest absolute Gasteiger partial charge is 0.317 e. The third kappa shape index (κ3) is 3.70. The van der Waals surface area contributed by atoms with Crippen LogP contribution < -0.4 is 0 Å². The maximum absolute atomic E-state index is 11.0. The van der Waals surface area contributed by atoms with Gasteiger partial charge in [0.05, 0.1) is 6.54 Å². The van der Waals surface area contributed by atoms with Gasteiger partial charge in [0.25, 0.3) is 0 Å². The molecule has 17 heavy (non-hydrogen) atoms. The largest absolute Gasteiger partial charge is 0.480 e. The van der Waals surface area contributed by atoms with Crippen molar-refractivity contribution in [2.45, 2.75) is 57.9 Å². The first-order valence-electron chi connectivity index (χ1n) is 7.16. The second kappa shape index (κ2) is 5.85. The topological polar surface area (TPSA) is 40.5 Å². The molecule has 2 atom stereocenters. The molecule has 98 valence electrons. The maximum atomic E-state index is 11.0. The summed E-state index contributed by atoms with van der Waals surface area (Å²) in [5.41, 5.74) is 0. The van der Waals surface area contributed by atoms with Crippen molar-refractivity contribution in [3.05, 3.63) is 0 Å². The molecule has 2 aliphatic carbocycles.